The van der Waals surface area contributed by atoms with Crippen LogP contribution in [0, 0.1) is 0 Å². The van der Waals surface area contributed by atoms with Gasteiger partial charge in [-0.1, -0.05) is 366 Å². The Bertz CT molecular complexity index is 6600. The van der Waals surface area contributed by atoms with Crippen molar-refractivity contribution in [2.45, 2.75) is 78.6 Å². The molecule has 0 spiro atoms. The number of anilines is 6. The molecule has 0 N–H and O–H groups in total. The predicted octanol–water partition coefficient (Wildman–Crippen LogP) is 29.1. The maximum atomic E-state index is 7.55. The van der Waals surface area contributed by atoms with Crippen molar-refractivity contribution in [2.24, 2.45) is 0 Å². The van der Waals surface area contributed by atoms with Crippen molar-refractivity contribution in [1.82, 2.24) is 0 Å². The maximum absolute atomic E-state index is 7.55. The fourth-order valence-corrected chi connectivity index (χ4v) is 18.7. The van der Waals surface area contributed by atoms with Crippen LogP contribution in [0.1, 0.15) is 79.0 Å². The van der Waals surface area contributed by atoms with E-state index in [0.717, 1.165) is 167 Å². The number of furan rings is 2. The van der Waals surface area contributed by atoms with Crippen molar-refractivity contribution in [2.75, 3.05) is 9.80 Å². The molecule has 0 radical (unpaired) electrons. The molecule has 0 aliphatic carbocycles. The first kappa shape index (κ1) is 69.5. The van der Waals surface area contributed by atoms with E-state index in [1.807, 2.05) is 0 Å². The minimum absolute atomic E-state index is 0.215. The second kappa shape index (κ2) is 26.6. The van der Waals surface area contributed by atoms with Gasteiger partial charge in [-0.05, 0) is 164 Å². The average molecular weight is 1480 g/mol. The minimum atomic E-state index is -0.361. The summed E-state index contributed by atoms with van der Waals surface area (Å²) in [6.07, 6.45) is 0. The van der Waals surface area contributed by atoms with Crippen LogP contribution >= 0.6 is 0 Å². The second-order valence-electron chi connectivity index (χ2n) is 34.6. The molecule has 0 amide bonds. The molecule has 2 aromatic heterocycles. The summed E-state index contributed by atoms with van der Waals surface area (Å²) in [5.74, 6) is 0. The van der Waals surface area contributed by atoms with E-state index < -0.39 is 0 Å². The quantitative estimate of drug-likeness (QED) is 0.128. The molecule has 21 rings (SSSR count). The third-order valence-corrected chi connectivity index (χ3v) is 24.5. The highest BCUT2D eigenvalue weighted by Crippen LogP contribution is 2.57. The molecule has 550 valence electrons. The van der Waals surface area contributed by atoms with Crippen molar-refractivity contribution in [3.8, 4) is 89.0 Å². The summed E-state index contributed by atoms with van der Waals surface area (Å²) in [6, 6.07) is 132. The summed E-state index contributed by atoms with van der Waals surface area (Å²) in [5, 5.41) is 9.07. The van der Waals surface area contributed by atoms with E-state index in [1.165, 1.54) is 54.6 Å². The van der Waals surface area contributed by atoms with E-state index >= 15 is 0 Å². The molecule has 4 nitrogen and oxygen atoms in total. The lowest BCUT2D eigenvalue weighted by molar-refractivity contribution is 0.590. The van der Waals surface area contributed by atoms with Gasteiger partial charge in [-0.15, -0.1) is 0 Å². The molecule has 0 fully saturated rings. The molecule has 2 aliphatic rings. The van der Waals surface area contributed by atoms with Gasteiger partial charge >= 0.3 is 0 Å². The smallest absolute Gasteiger partial charge is 0.252 e. The fourth-order valence-electron chi connectivity index (χ4n) is 18.7. The van der Waals surface area contributed by atoms with Crippen LogP contribution < -0.4 is 26.2 Å². The Hall–Kier alpha value is -13.5. The van der Waals surface area contributed by atoms with Gasteiger partial charge < -0.3 is 18.6 Å². The van der Waals surface area contributed by atoms with Crippen LogP contribution in [0.15, 0.2) is 361 Å². The van der Waals surface area contributed by atoms with Crippen molar-refractivity contribution < 1.29 is 8.83 Å². The number of hydrogen-bond acceptors (Lipinski definition) is 4. The number of fused-ring (bicyclic) bond motifs is 12. The summed E-state index contributed by atoms with van der Waals surface area (Å²) in [4.78, 5) is 5.40. The fraction of sp³-hybridized carbons (Fsp3) is 0.109. The van der Waals surface area contributed by atoms with Gasteiger partial charge in [-0.2, -0.15) is 0 Å². The van der Waals surface area contributed by atoms with Gasteiger partial charge in [-0.25, -0.2) is 0 Å². The molecule has 2 aliphatic heterocycles. The first-order valence-electron chi connectivity index (χ1n) is 40.5. The molecule has 19 aromatic rings. The lowest BCUT2D eigenvalue weighted by Gasteiger charge is -2.47. The van der Waals surface area contributed by atoms with E-state index in [4.69, 9.17) is 8.83 Å². The molecule has 17 aromatic carbocycles. The highest BCUT2D eigenvalue weighted by molar-refractivity contribution is 7.00. The highest BCUT2D eigenvalue weighted by Gasteiger charge is 2.47. The molecule has 0 saturated carbocycles. The van der Waals surface area contributed by atoms with Crippen LogP contribution in [0.2, 0.25) is 0 Å². The lowest BCUT2D eigenvalue weighted by atomic mass is 9.33. The summed E-state index contributed by atoms with van der Waals surface area (Å²) >= 11 is 0. The maximum Gasteiger partial charge on any atom is 0.252 e. The number of hydrogen-bond donors (Lipinski definition) is 0. The van der Waals surface area contributed by atoms with Gasteiger partial charge in [0.05, 0.1) is 11.4 Å². The first-order chi connectivity index (χ1) is 56.0. The monoisotopic (exact) mass is 1480 g/mol. The number of nitrogens with zero attached hydrogens (tertiary/aromatic N) is 2. The van der Waals surface area contributed by atoms with Crippen LogP contribution in [0.5, 0.6) is 0 Å². The molecular weight excluding hydrogens is 1390 g/mol. The van der Waals surface area contributed by atoms with Gasteiger partial charge in [0.15, 0.2) is 0 Å². The van der Waals surface area contributed by atoms with E-state index in [9.17, 15) is 0 Å². The minimum Gasteiger partial charge on any atom is -0.455 e. The second-order valence-corrected chi connectivity index (χ2v) is 34.6. The van der Waals surface area contributed by atoms with Crippen LogP contribution in [0.3, 0.4) is 0 Å². The third kappa shape index (κ3) is 11.4. The largest absolute Gasteiger partial charge is 0.455 e. The normalized spacial score (nSPS) is 12.9. The predicted molar refractivity (Wildman–Crippen MR) is 490 cm³/mol. The van der Waals surface area contributed by atoms with Gasteiger partial charge in [0.2, 0.25) is 0 Å². The van der Waals surface area contributed by atoms with Crippen LogP contribution in [0.25, 0.3) is 154 Å². The Morgan fingerprint density at radius 2 is 0.496 bits per heavy atom. The van der Waals surface area contributed by atoms with E-state index in [-0.39, 0.29) is 23.0 Å². The zero-order valence-corrected chi connectivity index (χ0v) is 66.3. The first-order valence-corrected chi connectivity index (χ1v) is 40.5. The highest BCUT2D eigenvalue weighted by atomic mass is 16.3. The van der Waals surface area contributed by atoms with Gasteiger partial charge in [-0.3, -0.25) is 0 Å². The molecule has 0 bridgehead atoms. The van der Waals surface area contributed by atoms with Crippen molar-refractivity contribution in [3.63, 3.8) is 0 Å². The van der Waals surface area contributed by atoms with E-state index in [2.05, 4.69) is 424 Å². The molecule has 4 heterocycles. The molecule has 0 atom stereocenters. The molecule has 115 heavy (non-hydrogen) atoms. The van der Waals surface area contributed by atoms with Gasteiger partial charge in [0.25, 0.3) is 6.71 Å². The number of rotatable bonds is 10. The van der Waals surface area contributed by atoms with Crippen LogP contribution in [-0.2, 0) is 16.2 Å². The molecule has 0 unspecified atom stereocenters. The summed E-state index contributed by atoms with van der Waals surface area (Å²) < 4.78 is 15.1. The summed E-state index contributed by atoms with van der Waals surface area (Å²) in [5.41, 5.74) is 34.4. The lowest BCUT2D eigenvalue weighted by Crippen LogP contribution is -2.61. The zero-order valence-electron chi connectivity index (χ0n) is 66.3. The number of para-hydroxylation sites is 4. The van der Waals surface area contributed by atoms with Crippen molar-refractivity contribution >= 4 is 123 Å². The van der Waals surface area contributed by atoms with Crippen molar-refractivity contribution in [1.29, 1.82) is 0 Å². The Kier molecular flexibility index (Phi) is 16.1. The Morgan fingerprint density at radius 1 is 0.217 bits per heavy atom. The van der Waals surface area contributed by atoms with Crippen LogP contribution in [0.4, 0.5) is 34.1 Å². The molecule has 0 saturated heterocycles. The van der Waals surface area contributed by atoms with Crippen molar-refractivity contribution in [3.05, 3.63) is 369 Å². The molecular formula is C110H85BN2O2. The van der Waals surface area contributed by atoms with E-state index in [0.29, 0.717) is 0 Å². The Labute approximate surface area is 673 Å². The molecule has 5 heteroatoms. The van der Waals surface area contributed by atoms with Gasteiger partial charge in [0, 0.05) is 88.8 Å². The summed E-state index contributed by atoms with van der Waals surface area (Å²) in [7, 11) is 0. The topological polar surface area (TPSA) is 32.8 Å². The van der Waals surface area contributed by atoms with E-state index in [1.54, 1.807) is 0 Å². The van der Waals surface area contributed by atoms with Crippen LogP contribution in [-0.4, -0.2) is 6.71 Å². The zero-order chi connectivity index (χ0) is 77.8. The summed E-state index contributed by atoms with van der Waals surface area (Å²) in [6.45, 7) is 20.9. The third-order valence-electron chi connectivity index (χ3n) is 24.5. The SMILES string of the molecule is CC(C)(C)c1cc(-c2ccccc2)c(N2c3ccc(-c4cccc5c4oc4c(-c6cccc7ccccc67)cccc45)cc3B3c4cc(-c5cccc6c5oc5c(-c7cccc8ccccc78)cccc56)ccc4N(c4c(-c5ccccc5)cc(C(C)(C)C)cc4-c4ccccc4)c4cc(C(C)(C)C)cc2c43)c(-c2ccccc2)c1. The van der Waals surface area contributed by atoms with Gasteiger partial charge in [0.1, 0.15) is 22.3 Å². The number of benzene rings is 17. The Morgan fingerprint density at radius 3 is 0.843 bits per heavy atom. The standard InChI is InChI=1S/C110H85BN2O2/c1-108(2,3)76-62-91(70-32-14-10-15-33-70)102(92(63-76)71-34-16-11-17-35-71)112-97-58-56-74(81-46-28-52-87-89-54-30-50-85(106(89)114-104(81)87)83-48-26-42-68-40-22-24-44-79(68)83)60-95(97)111-96-61-75(82-47-29-53-88-90-55-31-51-86(107(90)115-105(82)88)84-49-27-43-69-41-23-25-45-80(69)84)57-59-98(96)113(100-67-78(110(7,8)9)66-99(112)101(100)111)103-93(72-36-18-12-19-37-72)64-77(109(4,5)6)65-94(103)73-38-20-13-21-39-73/h10-67H,1-9H3. The average Bonchev–Trinajstić information content (AvgIpc) is 1.42. The Balaban J connectivity index is 0.910.